The first-order valence-corrected chi connectivity index (χ1v) is 11.3. The summed E-state index contributed by atoms with van der Waals surface area (Å²) in [6.07, 6.45) is 1.95. The normalized spacial score (nSPS) is 18.2. The molecule has 1 atom stereocenters. The molecule has 170 valence electrons. The Morgan fingerprint density at radius 3 is 2.48 bits per heavy atom. The van der Waals surface area contributed by atoms with Gasteiger partial charge in [-0.3, -0.25) is 14.6 Å². The summed E-state index contributed by atoms with van der Waals surface area (Å²) < 4.78 is 6.21. The maximum atomic E-state index is 13.5. The highest BCUT2D eigenvalue weighted by Gasteiger charge is 2.45. The van der Waals surface area contributed by atoms with Crippen LogP contribution in [0.1, 0.15) is 29.9 Å². The predicted molar refractivity (Wildman–Crippen MR) is 128 cm³/mol. The third-order valence-electron chi connectivity index (χ3n) is 5.77. The standard InChI is InChI=1S/C27H29N3O3/c1-20(2)29-26(32)27(18-22-12-6-7-13-23(22)21-10-4-3-5-11-21)19-30(16-17-33-27)25(31)24-14-8-9-15-28-24/h3-15,20H,16-19H2,1-2H3,(H,29,32)/t27-/m1/s1. The number of ether oxygens (including phenoxy) is 1. The van der Waals surface area contributed by atoms with Crippen LogP contribution >= 0.6 is 0 Å². The van der Waals surface area contributed by atoms with Crippen molar-refractivity contribution in [3.8, 4) is 11.1 Å². The molecule has 1 aliphatic rings. The van der Waals surface area contributed by atoms with Crippen molar-refractivity contribution in [1.82, 2.24) is 15.2 Å². The second-order valence-corrected chi connectivity index (χ2v) is 8.61. The first kappa shape index (κ1) is 22.7. The van der Waals surface area contributed by atoms with Gasteiger partial charge in [-0.1, -0.05) is 60.7 Å². The average molecular weight is 444 g/mol. The molecule has 1 N–H and O–H groups in total. The number of rotatable bonds is 6. The average Bonchev–Trinajstić information content (AvgIpc) is 2.85. The van der Waals surface area contributed by atoms with Crippen LogP contribution < -0.4 is 5.32 Å². The molecular weight excluding hydrogens is 414 g/mol. The van der Waals surface area contributed by atoms with Crippen molar-refractivity contribution in [1.29, 1.82) is 0 Å². The number of benzene rings is 2. The molecule has 0 saturated carbocycles. The van der Waals surface area contributed by atoms with Crippen molar-refractivity contribution in [3.63, 3.8) is 0 Å². The van der Waals surface area contributed by atoms with E-state index in [9.17, 15) is 9.59 Å². The van der Waals surface area contributed by atoms with E-state index in [2.05, 4.69) is 28.5 Å². The van der Waals surface area contributed by atoms with Gasteiger partial charge in [-0.15, -0.1) is 0 Å². The van der Waals surface area contributed by atoms with Gasteiger partial charge in [0.1, 0.15) is 5.69 Å². The molecule has 3 aromatic rings. The molecule has 33 heavy (non-hydrogen) atoms. The molecule has 4 rings (SSSR count). The molecule has 0 spiro atoms. The summed E-state index contributed by atoms with van der Waals surface area (Å²) in [6, 6.07) is 23.3. The zero-order chi connectivity index (χ0) is 23.3. The Kier molecular flexibility index (Phi) is 6.84. The van der Waals surface area contributed by atoms with Crippen molar-refractivity contribution >= 4 is 11.8 Å². The van der Waals surface area contributed by atoms with E-state index in [1.807, 2.05) is 50.2 Å². The lowest BCUT2D eigenvalue weighted by atomic mass is 9.87. The van der Waals surface area contributed by atoms with Crippen molar-refractivity contribution in [2.75, 3.05) is 19.7 Å². The molecular formula is C27H29N3O3. The highest BCUT2D eigenvalue weighted by molar-refractivity contribution is 5.94. The monoisotopic (exact) mass is 443 g/mol. The smallest absolute Gasteiger partial charge is 0.272 e. The number of nitrogens with one attached hydrogen (secondary N) is 1. The van der Waals surface area contributed by atoms with Crippen LogP contribution in [0.3, 0.4) is 0 Å². The Morgan fingerprint density at radius 2 is 1.76 bits per heavy atom. The van der Waals surface area contributed by atoms with Crippen LogP contribution in [0.2, 0.25) is 0 Å². The molecule has 0 radical (unpaired) electrons. The van der Waals surface area contributed by atoms with Gasteiger partial charge in [0.25, 0.3) is 11.8 Å². The molecule has 6 nitrogen and oxygen atoms in total. The zero-order valence-electron chi connectivity index (χ0n) is 19.0. The van der Waals surface area contributed by atoms with E-state index >= 15 is 0 Å². The molecule has 2 aromatic carbocycles. The Morgan fingerprint density at radius 1 is 1.03 bits per heavy atom. The first-order valence-electron chi connectivity index (χ1n) is 11.3. The van der Waals surface area contributed by atoms with Gasteiger partial charge in [0.05, 0.1) is 13.2 Å². The number of amides is 2. The second kappa shape index (κ2) is 9.96. The van der Waals surface area contributed by atoms with Crippen molar-refractivity contribution in [2.45, 2.75) is 31.9 Å². The number of aromatic nitrogens is 1. The molecule has 0 unspecified atom stereocenters. The van der Waals surface area contributed by atoms with Crippen LogP contribution in [0.5, 0.6) is 0 Å². The topological polar surface area (TPSA) is 71.5 Å². The molecule has 1 saturated heterocycles. The summed E-state index contributed by atoms with van der Waals surface area (Å²) in [4.78, 5) is 32.5. The Labute approximate surface area is 194 Å². The summed E-state index contributed by atoms with van der Waals surface area (Å²) in [5.74, 6) is -0.407. The van der Waals surface area contributed by atoms with Gasteiger partial charge in [-0.25, -0.2) is 0 Å². The zero-order valence-corrected chi connectivity index (χ0v) is 19.0. The maximum absolute atomic E-state index is 13.5. The predicted octanol–water partition coefficient (Wildman–Crippen LogP) is 3.73. The van der Waals surface area contributed by atoms with Crippen LogP contribution in [-0.4, -0.2) is 53.0 Å². The molecule has 2 heterocycles. The lowest BCUT2D eigenvalue weighted by Crippen LogP contribution is -2.62. The fourth-order valence-corrected chi connectivity index (χ4v) is 4.21. The highest BCUT2D eigenvalue weighted by Crippen LogP contribution is 2.31. The van der Waals surface area contributed by atoms with Crippen LogP contribution in [0.15, 0.2) is 79.0 Å². The van der Waals surface area contributed by atoms with Gasteiger partial charge in [0.15, 0.2) is 5.60 Å². The fraction of sp³-hybridized carbons (Fsp3) is 0.296. The van der Waals surface area contributed by atoms with Crippen LogP contribution in [0.4, 0.5) is 0 Å². The number of carbonyl (C=O) groups is 2. The number of pyridine rings is 1. The lowest BCUT2D eigenvalue weighted by Gasteiger charge is -2.42. The maximum Gasteiger partial charge on any atom is 0.272 e. The minimum absolute atomic E-state index is 0.0517. The van der Waals surface area contributed by atoms with Gasteiger partial charge < -0.3 is 15.0 Å². The molecule has 1 aromatic heterocycles. The molecule has 2 amide bonds. The van der Waals surface area contributed by atoms with Crippen LogP contribution in [0.25, 0.3) is 11.1 Å². The second-order valence-electron chi connectivity index (χ2n) is 8.61. The lowest BCUT2D eigenvalue weighted by molar-refractivity contribution is -0.157. The van der Waals surface area contributed by atoms with Gasteiger partial charge >= 0.3 is 0 Å². The molecule has 0 bridgehead atoms. The third-order valence-corrected chi connectivity index (χ3v) is 5.77. The number of carbonyl (C=O) groups excluding carboxylic acids is 2. The number of hydrogen-bond acceptors (Lipinski definition) is 4. The van der Waals surface area contributed by atoms with Gasteiger partial charge in [-0.05, 0) is 42.7 Å². The van der Waals surface area contributed by atoms with Gasteiger partial charge in [0, 0.05) is 25.2 Å². The van der Waals surface area contributed by atoms with Crippen LogP contribution in [-0.2, 0) is 16.0 Å². The van der Waals surface area contributed by atoms with E-state index in [1.165, 1.54) is 0 Å². The number of morpholine rings is 1. The molecule has 0 aliphatic carbocycles. The number of nitrogens with zero attached hydrogens (tertiary/aromatic N) is 2. The van der Waals surface area contributed by atoms with Gasteiger partial charge in [-0.2, -0.15) is 0 Å². The summed E-state index contributed by atoms with van der Waals surface area (Å²) in [5.41, 5.74) is 2.28. The van der Waals surface area contributed by atoms with Crippen molar-refractivity contribution in [3.05, 3.63) is 90.3 Å². The highest BCUT2D eigenvalue weighted by atomic mass is 16.5. The van der Waals surface area contributed by atoms with Gasteiger partial charge in [0.2, 0.25) is 0 Å². The first-order chi connectivity index (χ1) is 16.0. The van der Waals surface area contributed by atoms with Crippen molar-refractivity contribution < 1.29 is 14.3 Å². The van der Waals surface area contributed by atoms with E-state index in [0.717, 1.165) is 16.7 Å². The summed E-state index contributed by atoms with van der Waals surface area (Å²) in [6.45, 7) is 4.68. The Bertz CT molecular complexity index is 1100. The summed E-state index contributed by atoms with van der Waals surface area (Å²) in [5, 5.41) is 3.01. The van der Waals surface area contributed by atoms with E-state index in [0.29, 0.717) is 18.7 Å². The van der Waals surface area contributed by atoms with Crippen LogP contribution in [0, 0.1) is 0 Å². The number of hydrogen-bond donors (Lipinski definition) is 1. The van der Waals surface area contributed by atoms with E-state index in [-0.39, 0.29) is 31.0 Å². The fourth-order valence-electron chi connectivity index (χ4n) is 4.21. The van der Waals surface area contributed by atoms with Crippen molar-refractivity contribution in [2.24, 2.45) is 0 Å². The third kappa shape index (κ3) is 5.12. The SMILES string of the molecule is CC(C)NC(=O)[C@@]1(Cc2ccccc2-c2ccccc2)CN(C(=O)c2ccccn2)CCO1. The summed E-state index contributed by atoms with van der Waals surface area (Å²) in [7, 11) is 0. The molecule has 1 fully saturated rings. The molecule has 6 heteroatoms. The molecule has 1 aliphatic heterocycles. The quantitative estimate of drug-likeness (QED) is 0.630. The Balaban J connectivity index is 1.69. The minimum Gasteiger partial charge on any atom is -0.361 e. The van der Waals surface area contributed by atoms with E-state index in [1.54, 1.807) is 29.3 Å². The minimum atomic E-state index is -1.20. The summed E-state index contributed by atoms with van der Waals surface area (Å²) >= 11 is 0. The largest absolute Gasteiger partial charge is 0.361 e. The van der Waals surface area contributed by atoms with E-state index < -0.39 is 5.60 Å². The Hall–Kier alpha value is -3.51. The van der Waals surface area contributed by atoms with E-state index in [4.69, 9.17) is 4.74 Å².